The summed E-state index contributed by atoms with van der Waals surface area (Å²) in [5.74, 6) is 2.68. The molecule has 1 amide bonds. The molecule has 0 aromatic heterocycles. The van der Waals surface area contributed by atoms with Crippen LogP contribution in [0.15, 0.2) is 24.3 Å². The summed E-state index contributed by atoms with van der Waals surface area (Å²) >= 11 is 0. The van der Waals surface area contributed by atoms with Gasteiger partial charge in [0.2, 0.25) is 5.91 Å². The molecule has 0 fully saturated rings. The Morgan fingerprint density at radius 3 is 2.78 bits per heavy atom. The van der Waals surface area contributed by atoms with Crippen LogP contribution in [0, 0.1) is 19.3 Å². The summed E-state index contributed by atoms with van der Waals surface area (Å²) in [5, 5.41) is 2.98. The number of terminal acetylenes is 1. The topological polar surface area (TPSA) is 29.1 Å². The maximum absolute atomic E-state index is 11.8. The van der Waals surface area contributed by atoms with Crippen molar-refractivity contribution >= 4 is 5.91 Å². The Balaban J connectivity index is 2.42. The fourth-order valence-electron chi connectivity index (χ4n) is 1.88. The van der Waals surface area contributed by atoms with Crippen molar-refractivity contribution in [2.24, 2.45) is 0 Å². The predicted octanol–water partition coefficient (Wildman–Crippen LogP) is 2.85. The highest BCUT2D eigenvalue weighted by Crippen LogP contribution is 2.09. The predicted molar refractivity (Wildman–Crippen MR) is 75.2 cm³/mol. The summed E-state index contributed by atoms with van der Waals surface area (Å²) in [4.78, 5) is 11.8. The molecule has 96 valence electrons. The Bertz CT molecular complexity index is 431. The molecule has 1 rings (SSSR count). The molecule has 18 heavy (non-hydrogen) atoms. The van der Waals surface area contributed by atoms with Gasteiger partial charge in [-0.2, -0.15) is 0 Å². The van der Waals surface area contributed by atoms with E-state index in [-0.39, 0.29) is 11.9 Å². The maximum Gasteiger partial charge on any atom is 0.220 e. The number of nitrogens with one attached hydrogen (secondary N) is 1. The second kappa shape index (κ2) is 7.55. The van der Waals surface area contributed by atoms with Crippen LogP contribution in [0.2, 0.25) is 0 Å². The zero-order valence-corrected chi connectivity index (χ0v) is 11.2. The van der Waals surface area contributed by atoms with E-state index in [9.17, 15) is 4.79 Å². The van der Waals surface area contributed by atoms with Crippen LogP contribution >= 0.6 is 0 Å². The lowest BCUT2D eigenvalue weighted by atomic mass is 10.0. The summed E-state index contributed by atoms with van der Waals surface area (Å²) in [7, 11) is 0. The molecule has 0 aliphatic rings. The average Bonchev–Trinajstić information content (AvgIpc) is 2.37. The first-order chi connectivity index (χ1) is 8.67. The summed E-state index contributed by atoms with van der Waals surface area (Å²) in [6.45, 7) is 4.10. The quantitative estimate of drug-likeness (QED) is 0.765. The van der Waals surface area contributed by atoms with Crippen molar-refractivity contribution in [1.82, 2.24) is 5.32 Å². The van der Waals surface area contributed by atoms with Gasteiger partial charge in [0.05, 0.1) is 0 Å². The summed E-state index contributed by atoms with van der Waals surface area (Å²) < 4.78 is 0. The first-order valence-corrected chi connectivity index (χ1v) is 6.44. The van der Waals surface area contributed by atoms with Gasteiger partial charge in [-0.15, -0.1) is 12.3 Å². The molecule has 1 N–H and O–H groups in total. The number of carbonyl (C=O) groups excluding carboxylic acids is 1. The van der Waals surface area contributed by atoms with Gasteiger partial charge < -0.3 is 5.32 Å². The van der Waals surface area contributed by atoms with E-state index >= 15 is 0 Å². The minimum Gasteiger partial charge on any atom is -0.352 e. The molecule has 0 radical (unpaired) electrons. The Morgan fingerprint density at radius 2 is 2.17 bits per heavy atom. The second-order valence-corrected chi connectivity index (χ2v) is 4.51. The molecular formula is C16H21NO. The Hall–Kier alpha value is -1.75. The summed E-state index contributed by atoms with van der Waals surface area (Å²) in [6.07, 6.45) is 8.05. The van der Waals surface area contributed by atoms with E-state index in [2.05, 4.69) is 30.3 Å². The SMILES string of the molecule is C#CCC(CC)NC(=O)CCc1ccccc1C. The lowest BCUT2D eigenvalue weighted by Crippen LogP contribution is -2.34. The van der Waals surface area contributed by atoms with Crippen molar-refractivity contribution in [3.05, 3.63) is 35.4 Å². The maximum atomic E-state index is 11.8. The highest BCUT2D eigenvalue weighted by molar-refractivity contribution is 5.76. The van der Waals surface area contributed by atoms with E-state index in [1.807, 2.05) is 19.1 Å². The van der Waals surface area contributed by atoms with Gasteiger partial charge in [-0.3, -0.25) is 4.79 Å². The van der Waals surface area contributed by atoms with Crippen LogP contribution in [-0.4, -0.2) is 11.9 Å². The molecule has 1 aromatic rings. The molecule has 0 heterocycles. The molecule has 0 bridgehead atoms. The van der Waals surface area contributed by atoms with Gasteiger partial charge in [-0.05, 0) is 30.9 Å². The normalized spacial score (nSPS) is 11.6. The van der Waals surface area contributed by atoms with Crippen molar-refractivity contribution in [1.29, 1.82) is 0 Å². The smallest absolute Gasteiger partial charge is 0.220 e. The third kappa shape index (κ3) is 4.63. The Kier molecular flexibility index (Phi) is 6.00. The van der Waals surface area contributed by atoms with Crippen LogP contribution in [-0.2, 0) is 11.2 Å². The largest absolute Gasteiger partial charge is 0.352 e. The first kappa shape index (κ1) is 14.3. The van der Waals surface area contributed by atoms with Crippen LogP contribution in [0.4, 0.5) is 0 Å². The van der Waals surface area contributed by atoms with E-state index in [0.29, 0.717) is 12.8 Å². The van der Waals surface area contributed by atoms with Crippen LogP contribution in [0.1, 0.15) is 37.3 Å². The number of hydrogen-bond donors (Lipinski definition) is 1. The highest BCUT2D eigenvalue weighted by Gasteiger charge is 2.09. The molecule has 0 spiro atoms. The number of amides is 1. The molecular weight excluding hydrogens is 222 g/mol. The summed E-state index contributed by atoms with van der Waals surface area (Å²) in [5.41, 5.74) is 2.47. The van der Waals surface area contributed by atoms with Gasteiger partial charge in [0.1, 0.15) is 0 Å². The van der Waals surface area contributed by atoms with Crippen LogP contribution in [0.3, 0.4) is 0 Å². The van der Waals surface area contributed by atoms with Gasteiger partial charge >= 0.3 is 0 Å². The summed E-state index contributed by atoms with van der Waals surface area (Å²) in [6, 6.07) is 8.27. The molecule has 1 aromatic carbocycles. The van der Waals surface area contributed by atoms with Crippen molar-refractivity contribution in [3.8, 4) is 12.3 Å². The van der Waals surface area contributed by atoms with Gasteiger partial charge in [-0.25, -0.2) is 0 Å². The standard InChI is InChI=1S/C16H21NO/c1-4-8-15(5-2)17-16(18)12-11-14-10-7-6-9-13(14)3/h1,6-7,9-10,15H,5,8,11-12H2,2-3H3,(H,17,18). The van der Waals surface area contributed by atoms with Gasteiger partial charge in [0, 0.05) is 18.9 Å². The number of aryl methyl sites for hydroxylation is 2. The fraction of sp³-hybridized carbons (Fsp3) is 0.438. The van der Waals surface area contributed by atoms with Gasteiger partial charge in [0.15, 0.2) is 0 Å². The van der Waals surface area contributed by atoms with Crippen molar-refractivity contribution < 1.29 is 4.79 Å². The molecule has 0 aliphatic carbocycles. The number of carbonyl (C=O) groups is 1. The molecule has 1 atom stereocenters. The molecule has 1 unspecified atom stereocenters. The monoisotopic (exact) mass is 243 g/mol. The van der Waals surface area contributed by atoms with Gasteiger partial charge in [0.25, 0.3) is 0 Å². The zero-order chi connectivity index (χ0) is 13.4. The highest BCUT2D eigenvalue weighted by atomic mass is 16.1. The number of rotatable bonds is 6. The van der Waals surface area contributed by atoms with Crippen LogP contribution in [0.5, 0.6) is 0 Å². The van der Waals surface area contributed by atoms with E-state index in [1.165, 1.54) is 11.1 Å². The minimum absolute atomic E-state index is 0.0837. The number of benzene rings is 1. The minimum atomic E-state index is 0.0837. The molecule has 0 saturated carbocycles. The van der Waals surface area contributed by atoms with E-state index < -0.39 is 0 Å². The van der Waals surface area contributed by atoms with E-state index in [0.717, 1.165) is 12.8 Å². The first-order valence-electron chi connectivity index (χ1n) is 6.44. The lowest BCUT2D eigenvalue weighted by molar-refractivity contribution is -0.121. The van der Waals surface area contributed by atoms with Gasteiger partial charge in [-0.1, -0.05) is 31.2 Å². The fourth-order valence-corrected chi connectivity index (χ4v) is 1.88. The van der Waals surface area contributed by atoms with Crippen molar-refractivity contribution in [2.45, 2.75) is 45.6 Å². The van der Waals surface area contributed by atoms with Crippen molar-refractivity contribution in [3.63, 3.8) is 0 Å². The van der Waals surface area contributed by atoms with E-state index in [1.54, 1.807) is 0 Å². The third-order valence-corrected chi connectivity index (χ3v) is 3.10. The molecule has 2 nitrogen and oxygen atoms in total. The third-order valence-electron chi connectivity index (χ3n) is 3.10. The van der Waals surface area contributed by atoms with Crippen molar-refractivity contribution in [2.75, 3.05) is 0 Å². The van der Waals surface area contributed by atoms with E-state index in [4.69, 9.17) is 6.42 Å². The lowest BCUT2D eigenvalue weighted by Gasteiger charge is -2.14. The second-order valence-electron chi connectivity index (χ2n) is 4.51. The Morgan fingerprint density at radius 1 is 1.44 bits per heavy atom. The Labute approximate surface area is 110 Å². The molecule has 0 saturated heterocycles. The number of hydrogen-bond acceptors (Lipinski definition) is 1. The zero-order valence-electron chi connectivity index (χ0n) is 11.2. The molecule has 0 aliphatic heterocycles. The van der Waals surface area contributed by atoms with Crippen LogP contribution < -0.4 is 5.32 Å². The average molecular weight is 243 g/mol. The molecule has 2 heteroatoms. The van der Waals surface area contributed by atoms with Crippen LogP contribution in [0.25, 0.3) is 0 Å².